The molecule has 1 saturated heterocycles. The number of ketones is 1. The van der Waals surface area contributed by atoms with Gasteiger partial charge in [-0.15, -0.1) is 0 Å². The van der Waals surface area contributed by atoms with E-state index in [0.29, 0.717) is 11.1 Å². The largest absolute Gasteiger partial charge is 0.455 e. The maximum Gasteiger partial charge on any atom is 0.407 e. The van der Waals surface area contributed by atoms with E-state index in [1.165, 1.54) is 26.0 Å². The van der Waals surface area contributed by atoms with Crippen LogP contribution in [0.3, 0.4) is 0 Å². The van der Waals surface area contributed by atoms with Gasteiger partial charge < -0.3 is 49.1 Å². The molecule has 1 amide bonds. The number of esters is 4. The standard InChI is InChI=1S/C49H55NO15/c1-27(31-18-12-8-13-19-31)39(63-36(53)24-50-45(58)60-25-30-16-10-7-11-17-30)44(57)62-33-23-49(59)42(64-43(56)32-20-14-9-15-21-32)40-47(6,41(55)38(54)37(28(33)2)46(49,4)5)34(52)22-35-48(40,26-61-35)65-29(3)51/h7-21,27,33-35,38-40,42,52,54,59H,22-26H2,1-6H3,(H,50,58)/t27-,33-,34-,35?,38+,39+,40-,42?,47+,48-,49-/m0/s1. The van der Waals surface area contributed by atoms with E-state index < -0.39 is 119 Å². The summed E-state index contributed by atoms with van der Waals surface area (Å²) in [5.41, 5.74) is -6.29. The lowest BCUT2D eigenvalue weighted by atomic mass is 9.44. The van der Waals surface area contributed by atoms with Crippen molar-refractivity contribution >= 4 is 35.8 Å². The van der Waals surface area contributed by atoms with E-state index in [0.717, 1.165) is 6.92 Å². The molecule has 11 atom stereocenters. The number of aliphatic hydroxyl groups is 3. The van der Waals surface area contributed by atoms with Gasteiger partial charge in [-0.25, -0.2) is 14.4 Å². The molecule has 0 aromatic heterocycles. The minimum atomic E-state index is -2.36. The molecule has 2 bridgehead atoms. The van der Waals surface area contributed by atoms with Gasteiger partial charge in [0.05, 0.1) is 29.6 Å². The smallest absolute Gasteiger partial charge is 0.407 e. The molecule has 4 aliphatic rings. The molecule has 16 nitrogen and oxygen atoms in total. The molecule has 7 rings (SSSR count). The van der Waals surface area contributed by atoms with E-state index in [2.05, 4.69) is 5.32 Å². The highest BCUT2D eigenvalue weighted by Crippen LogP contribution is 2.64. The highest BCUT2D eigenvalue weighted by atomic mass is 16.6. The van der Waals surface area contributed by atoms with Crippen LogP contribution in [0.2, 0.25) is 0 Å². The van der Waals surface area contributed by atoms with Crippen molar-refractivity contribution in [1.82, 2.24) is 5.32 Å². The minimum absolute atomic E-state index is 0.0573. The second-order valence-electron chi connectivity index (χ2n) is 18.1. The van der Waals surface area contributed by atoms with Crippen LogP contribution in [0, 0.1) is 16.7 Å². The number of ether oxygens (including phenoxy) is 6. The summed E-state index contributed by atoms with van der Waals surface area (Å²) in [4.78, 5) is 82.7. The lowest BCUT2D eigenvalue weighted by Crippen LogP contribution is -2.81. The first-order valence-electron chi connectivity index (χ1n) is 21.6. The molecule has 1 aliphatic heterocycles. The zero-order chi connectivity index (χ0) is 47.1. The lowest BCUT2D eigenvalue weighted by Gasteiger charge is -2.67. The van der Waals surface area contributed by atoms with Crippen LogP contribution in [-0.4, -0.2) is 112 Å². The molecular weight excluding hydrogens is 843 g/mol. The van der Waals surface area contributed by atoms with Crippen LogP contribution >= 0.6 is 0 Å². The van der Waals surface area contributed by atoms with Crippen LogP contribution in [0.1, 0.15) is 81.8 Å². The summed E-state index contributed by atoms with van der Waals surface area (Å²) >= 11 is 0. The van der Waals surface area contributed by atoms with E-state index in [1.807, 2.05) is 6.07 Å². The molecule has 346 valence electrons. The fourth-order valence-electron chi connectivity index (χ4n) is 10.4. The molecule has 65 heavy (non-hydrogen) atoms. The summed E-state index contributed by atoms with van der Waals surface area (Å²) in [6.07, 6.45) is -11.1. The van der Waals surface area contributed by atoms with E-state index in [-0.39, 0.29) is 36.3 Å². The van der Waals surface area contributed by atoms with Gasteiger partial charge in [0.2, 0.25) is 6.10 Å². The molecule has 0 spiro atoms. The van der Waals surface area contributed by atoms with Crippen molar-refractivity contribution in [3.05, 3.63) is 119 Å². The Morgan fingerprint density at radius 1 is 0.892 bits per heavy atom. The topological polar surface area (TPSA) is 231 Å². The first-order chi connectivity index (χ1) is 30.8. The molecule has 3 aliphatic carbocycles. The normalized spacial score (nSPS) is 30.9. The second kappa shape index (κ2) is 18.1. The lowest BCUT2D eigenvalue weighted by molar-refractivity contribution is -0.346. The fraction of sp³-hybridized carbons (Fsp3) is 0.469. The third-order valence-corrected chi connectivity index (χ3v) is 14.0. The van der Waals surface area contributed by atoms with E-state index >= 15 is 4.79 Å². The highest BCUT2D eigenvalue weighted by Gasteiger charge is 2.78. The highest BCUT2D eigenvalue weighted by molar-refractivity contribution is 5.94. The van der Waals surface area contributed by atoms with Crippen molar-refractivity contribution in [3.8, 4) is 0 Å². The van der Waals surface area contributed by atoms with E-state index in [4.69, 9.17) is 28.4 Å². The van der Waals surface area contributed by atoms with Crippen molar-refractivity contribution < 1.29 is 72.5 Å². The van der Waals surface area contributed by atoms with Crippen molar-refractivity contribution in [2.24, 2.45) is 16.7 Å². The molecular formula is C49H55NO15. The molecule has 2 unspecified atom stereocenters. The van der Waals surface area contributed by atoms with Crippen LogP contribution in [0.5, 0.6) is 0 Å². The average Bonchev–Trinajstić information content (AvgIpc) is 3.28. The van der Waals surface area contributed by atoms with Crippen molar-refractivity contribution in [3.63, 3.8) is 0 Å². The van der Waals surface area contributed by atoms with E-state index in [1.54, 1.807) is 93.6 Å². The van der Waals surface area contributed by atoms with Gasteiger partial charge in [0, 0.05) is 31.1 Å². The van der Waals surface area contributed by atoms with Crippen LogP contribution < -0.4 is 5.32 Å². The summed E-state index contributed by atoms with van der Waals surface area (Å²) < 4.78 is 35.4. The molecule has 4 N–H and O–H groups in total. The number of Topliss-reactive ketones (excluding diaryl/α,β-unsaturated/α-hetero) is 1. The van der Waals surface area contributed by atoms with Gasteiger partial charge in [-0.1, -0.05) is 99.6 Å². The number of hydrogen-bond acceptors (Lipinski definition) is 15. The van der Waals surface area contributed by atoms with Gasteiger partial charge in [0.1, 0.15) is 43.2 Å². The Morgan fingerprint density at radius 3 is 2.11 bits per heavy atom. The van der Waals surface area contributed by atoms with Gasteiger partial charge in [0.25, 0.3) is 0 Å². The van der Waals surface area contributed by atoms with Gasteiger partial charge >= 0.3 is 30.0 Å². The number of carbonyl (C=O) groups excluding carboxylic acids is 6. The fourth-order valence-corrected chi connectivity index (χ4v) is 10.4. The molecule has 16 heteroatoms. The van der Waals surface area contributed by atoms with Crippen LogP contribution in [0.25, 0.3) is 0 Å². The number of fused-ring (bicyclic) bond motifs is 5. The predicted octanol–water partition coefficient (Wildman–Crippen LogP) is 4.27. The minimum Gasteiger partial charge on any atom is -0.455 e. The van der Waals surface area contributed by atoms with E-state index in [9.17, 15) is 39.3 Å². The monoisotopic (exact) mass is 897 g/mol. The second-order valence-corrected chi connectivity index (χ2v) is 18.1. The number of rotatable bonds is 12. The van der Waals surface area contributed by atoms with Crippen molar-refractivity contribution in [1.29, 1.82) is 0 Å². The number of amides is 1. The number of aliphatic hydroxyl groups excluding tert-OH is 2. The quantitative estimate of drug-likeness (QED) is 0.113. The first-order valence-corrected chi connectivity index (χ1v) is 21.6. The summed E-state index contributed by atoms with van der Waals surface area (Å²) in [7, 11) is 0. The SMILES string of the molecule is CC(=O)O[C@@]12COC1C[C@H](O)[C@@]1(C)C(=O)[C@H](O)C3=C(C)[C@@H](OC(=O)[C@H](OC(=O)CNC(=O)OCc4ccccc4)[C@@H](C)c4ccccc4)C[C@](O)(C(OC(=O)c4ccccc4)[C@@H]12)C3(C)C. The van der Waals surface area contributed by atoms with Gasteiger partial charge in [0.15, 0.2) is 11.4 Å². The predicted molar refractivity (Wildman–Crippen MR) is 228 cm³/mol. The summed E-state index contributed by atoms with van der Waals surface area (Å²) in [5, 5.41) is 40.1. The van der Waals surface area contributed by atoms with Crippen molar-refractivity contribution in [2.75, 3.05) is 13.2 Å². The van der Waals surface area contributed by atoms with Gasteiger partial charge in [-0.3, -0.25) is 14.4 Å². The Hall–Kier alpha value is -5.94. The van der Waals surface area contributed by atoms with Crippen molar-refractivity contribution in [2.45, 2.75) is 115 Å². The Kier molecular flexibility index (Phi) is 13.1. The summed E-state index contributed by atoms with van der Waals surface area (Å²) in [5.74, 6) is -7.07. The maximum absolute atomic E-state index is 15.1. The first kappa shape index (κ1) is 47.0. The average molecular weight is 898 g/mol. The molecule has 3 aromatic carbocycles. The third kappa shape index (κ3) is 8.44. The molecule has 0 radical (unpaired) electrons. The number of carbonyl (C=O) groups is 6. The van der Waals surface area contributed by atoms with Gasteiger partial charge in [-0.2, -0.15) is 0 Å². The Labute approximate surface area is 376 Å². The zero-order valence-corrected chi connectivity index (χ0v) is 37.1. The van der Waals surface area contributed by atoms with Crippen LogP contribution in [0.15, 0.2) is 102 Å². The molecule has 1 heterocycles. The molecule has 2 saturated carbocycles. The number of alkyl carbamates (subject to hydrolysis) is 1. The third-order valence-electron chi connectivity index (χ3n) is 14.0. The number of nitrogens with one attached hydrogen (secondary N) is 1. The number of hydrogen-bond donors (Lipinski definition) is 4. The molecule has 3 fully saturated rings. The Bertz CT molecular complexity index is 2340. The maximum atomic E-state index is 15.1. The summed E-state index contributed by atoms with van der Waals surface area (Å²) in [6.45, 7) is 7.78. The van der Waals surface area contributed by atoms with Gasteiger partial charge in [-0.05, 0) is 48.3 Å². The Morgan fingerprint density at radius 2 is 1.51 bits per heavy atom. The van der Waals surface area contributed by atoms with Crippen LogP contribution in [-0.2, 0) is 54.2 Å². The summed E-state index contributed by atoms with van der Waals surface area (Å²) in [6, 6.07) is 25.4. The zero-order valence-electron chi connectivity index (χ0n) is 37.1. The molecule has 3 aromatic rings. The van der Waals surface area contributed by atoms with Crippen LogP contribution in [0.4, 0.5) is 4.79 Å². The Balaban J connectivity index is 1.27. The number of benzene rings is 3.